The van der Waals surface area contributed by atoms with Crippen molar-refractivity contribution >= 4 is 15.9 Å². The van der Waals surface area contributed by atoms with Gasteiger partial charge in [-0.15, -0.1) is 0 Å². The Balaban J connectivity index is 2.14. The van der Waals surface area contributed by atoms with E-state index in [0.717, 1.165) is 17.3 Å². The largest absolute Gasteiger partial charge is 0.300 e. The van der Waals surface area contributed by atoms with Crippen LogP contribution in [0.3, 0.4) is 0 Å². The molecule has 0 aliphatic heterocycles. The topological polar surface area (TPSA) is 3.24 Å². The Labute approximate surface area is 97.4 Å². The predicted octanol–water partition coefficient (Wildman–Crippen LogP) is 3.67. The van der Waals surface area contributed by atoms with E-state index in [9.17, 15) is 0 Å². The molecule has 0 amide bonds. The molecule has 0 aromatic heterocycles. The fourth-order valence-corrected chi connectivity index (χ4v) is 2.50. The van der Waals surface area contributed by atoms with Crippen LogP contribution in [-0.4, -0.2) is 29.4 Å². The van der Waals surface area contributed by atoms with Gasteiger partial charge in [0.05, 0.1) is 0 Å². The molecular weight excluding hydrogens is 238 g/mol. The Bertz CT molecular complexity index is 143. The van der Waals surface area contributed by atoms with Gasteiger partial charge in [0.25, 0.3) is 0 Å². The molecule has 84 valence electrons. The first-order valence-electron chi connectivity index (χ1n) is 6.04. The zero-order valence-corrected chi connectivity index (χ0v) is 11.2. The van der Waals surface area contributed by atoms with Crippen LogP contribution in [-0.2, 0) is 0 Å². The van der Waals surface area contributed by atoms with Crippen molar-refractivity contribution < 1.29 is 0 Å². The molecule has 0 saturated heterocycles. The molecular formula is C12H24BrN. The van der Waals surface area contributed by atoms with Crippen LogP contribution < -0.4 is 0 Å². The first-order chi connectivity index (χ1) is 6.74. The number of nitrogens with zero attached hydrogens (tertiary/aromatic N) is 1. The van der Waals surface area contributed by atoms with E-state index in [1.54, 1.807) is 0 Å². The summed E-state index contributed by atoms with van der Waals surface area (Å²) in [7, 11) is 0. The van der Waals surface area contributed by atoms with Crippen LogP contribution in [0.15, 0.2) is 0 Å². The average Bonchev–Trinajstić information content (AvgIpc) is 2.00. The van der Waals surface area contributed by atoms with Crippen molar-refractivity contribution in [1.29, 1.82) is 0 Å². The van der Waals surface area contributed by atoms with Crippen molar-refractivity contribution in [3.63, 3.8) is 0 Å². The molecule has 1 saturated carbocycles. The highest BCUT2D eigenvalue weighted by molar-refractivity contribution is 9.09. The second-order valence-corrected chi connectivity index (χ2v) is 5.64. The van der Waals surface area contributed by atoms with Gasteiger partial charge in [0.1, 0.15) is 0 Å². The Kier molecular flexibility index (Phi) is 6.11. The summed E-state index contributed by atoms with van der Waals surface area (Å²) < 4.78 is 0. The van der Waals surface area contributed by atoms with E-state index in [0.29, 0.717) is 0 Å². The molecule has 1 nitrogen and oxygen atoms in total. The predicted molar refractivity (Wildman–Crippen MR) is 67.1 cm³/mol. The minimum absolute atomic E-state index is 0.863. The van der Waals surface area contributed by atoms with Crippen molar-refractivity contribution in [2.75, 3.05) is 18.4 Å². The van der Waals surface area contributed by atoms with Crippen LogP contribution >= 0.6 is 15.9 Å². The fourth-order valence-electron chi connectivity index (χ4n) is 2.04. The van der Waals surface area contributed by atoms with Crippen LogP contribution in [0.25, 0.3) is 0 Å². The van der Waals surface area contributed by atoms with E-state index in [-0.39, 0.29) is 0 Å². The van der Waals surface area contributed by atoms with Crippen molar-refractivity contribution in [3.05, 3.63) is 0 Å². The summed E-state index contributed by atoms with van der Waals surface area (Å²) in [6.45, 7) is 7.19. The third kappa shape index (κ3) is 4.31. The maximum Gasteiger partial charge on any atom is 0.0159 e. The Hall–Kier alpha value is 0.440. The van der Waals surface area contributed by atoms with Gasteiger partial charge >= 0.3 is 0 Å². The van der Waals surface area contributed by atoms with Gasteiger partial charge in [-0.2, -0.15) is 0 Å². The molecule has 0 spiro atoms. The minimum Gasteiger partial charge on any atom is -0.300 e. The van der Waals surface area contributed by atoms with E-state index in [1.807, 2.05) is 0 Å². The molecule has 0 aromatic rings. The van der Waals surface area contributed by atoms with Crippen LogP contribution in [0.2, 0.25) is 0 Å². The van der Waals surface area contributed by atoms with Crippen molar-refractivity contribution in [2.24, 2.45) is 5.92 Å². The molecule has 0 heterocycles. The van der Waals surface area contributed by atoms with Crippen LogP contribution in [0.1, 0.15) is 46.0 Å². The SMILES string of the molecule is CC(C)CCCN(CCBr)C1CCC1. The number of hydrogen-bond acceptors (Lipinski definition) is 1. The lowest BCUT2D eigenvalue weighted by molar-refractivity contribution is 0.132. The lowest BCUT2D eigenvalue weighted by Crippen LogP contribution is -2.41. The quantitative estimate of drug-likeness (QED) is 0.633. The molecule has 0 bridgehead atoms. The number of alkyl halides is 1. The molecule has 1 aliphatic rings. The van der Waals surface area contributed by atoms with E-state index in [2.05, 4.69) is 34.7 Å². The molecule has 1 fully saturated rings. The highest BCUT2D eigenvalue weighted by Crippen LogP contribution is 2.25. The summed E-state index contributed by atoms with van der Waals surface area (Å²) in [6.07, 6.45) is 7.09. The zero-order valence-electron chi connectivity index (χ0n) is 9.64. The molecule has 2 heteroatoms. The normalized spacial score (nSPS) is 17.8. The molecule has 14 heavy (non-hydrogen) atoms. The first-order valence-corrected chi connectivity index (χ1v) is 7.16. The minimum atomic E-state index is 0.863. The van der Waals surface area contributed by atoms with Crippen LogP contribution in [0.4, 0.5) is 0 Å². The van der Waals surface area contributed by atoms with Crippen molar-refractivity contribution in [3.8, 4) is 0 Å². The van der Waals surface area contributed by atoms with Crippen molar-refractivity contribution in [2.45, 2.75) is 52.0 Å². The van der Waals surface area contributed by atoms with Crippen LogP contribution in [0, 0.1) is 5.92 Å². The molecule has 1 aliphatic carbocycles. The fraction of sp³-hybridized carbons (Fsp3) is 1.00. The summed E-state index contributed by atoms with van der Waals surface area (Å²) in [6, 6.07) is 0.916. The zero-order chi connectivity index (χ0) is 10.4. The van der Waals surface area contributed by atoms with Gasteiger partial charge in [-0.05, 0) is 38.1 Å². The summed E-state index contributed by atoms with van der Waals surface area (Å²) in [4.78, 5) is 2.68. The van der Waals surface area contributed by atoms with Gasteiger partial charge in [-0.3, -0.25) is 4.90 Å². The third-order valence-electron chi connectivity index (χ3n) is 3.19. The van der Waals surface area contributed by atoms with Crippen molar-refractivity contribution in [1.82, 2.24) is 4.90 Å². The van der Waals surface area contributed by atoms with Gasteiger partial charge < -0.3 is 0 Å². The Morgan fingerprint density at radius 1 is 1.29 bits per heavy atom. The number of halogens is 1. The van der Waals surface area contributed by atoms with Gasteiger partial charge in [-0.25, -0.2) is 0 Å². The maximum absolute atomic E-state index is 3.55. The summed E-state index contributed by atoms with van der Waals surface area (Å²) in [5.74, 6) is 0.863. The summed E-state index contributed by atoms with van der Waals surface area (Å²) in [5.41, 5.74) is 0. The molecule has 0 N–H and O–H groups in total. The third-order valence-corrected chi connectivity index (χ3v) is 3.54. The van der Waals surface area contributed by atoms with Gasteiger partial charge in [0, 0.05) is 17.9 Å². The highest BCUT2D eigenvalue weighted by atomic mass is 79.9. The van der Waals surface area contributed by atoms with E-state index in [4.69, 9.17) is 0 Å². The molecule has 0 unspecified atom stereocenters. The molecule has 0 aromatic carbocycles. The van der Waals surface area contributed by atoms with E-state index in [1.165, 1.54) is 45.2 Å². The van der Waals surface area contributed by atoms with E-state index < -0.39 is 0 Å². The average molecular weight is 262 g/mol. The Morgan fingerprint density at radius 2 is 2.00 bits per heavy atom. The first kappa shape index (κ1) is 12.5. The molecule has 0 atom stereocenters. The summed E-state index contributed by atoms with van der Waals surface area (Å²) >= 11 is 3.55. The maximum atomic E-state index is 3.55. The van der Waals surface area contributed by atoms with Crippen LogP contribution in [0.5, 0.6) is 0 Å². The number of rotatable bonds is 7. The highest BCUT2D eigenvalue weighted by Gasteiger charge is 2.23. The lowest BCUT2D eigenvalue weighted by atomic mass is 9.91. The van der Waals surface area contributed by atoms with E-state index >= 15 is 0 Å². The van der Waals surface area contributed by atoms with Gasteiger partial charge in [0.15, 0.2) is 0 Å². The lowest BCUT2D eigenvalue weighted by Gasteiger charge is -2.37. The second kappa shape index (κ2) is 6.84. The monoisotopic (exact) mass is 261 g/mol. The Morgan fingerprint density at radius 3 is 2.43 bits per heavy atom. The standard InChI is InChI=1S/C12H24BrN/c1-11(2)5-4-9-14(10-8-13)12-6-3-7-12/h11-12H,3-10H2,1-2H3. The number of hydrogen-bond donors (Lipinski definition) is 0. The molecule has 1 rings (SSSR count). The smallest absolute Gasteiger partial charge is 0.0159 e. The molecule has 0 radical (unpaired) electrons. The van der Waals surface area contributed by atoms with Gasteiger partial charge in [-0.1, -0.05) is 36.2 Å². The van der Waals surface area contributed by atoms with Gasteiger partial charge in [0.2, 0.25) is 0 Å². The summed E-state index contributed by atoms with van der Waals surface area (Å²) in [5, 5.41) is 1.13. The second-order valence-electron chi connectivity index (χ2n) is 4.85.